The molecule has 0 atom stereocenters. The van der Waals surface area contributed by atoms with Crippen LogP contribution in [0.1, 0.15) is 11.1 Å². The fourth-order valence-electron chi connectivity index (χ4n) is 1.99. The van der Waals surface area contributed by atoms with Gasteiger partial charge in [0, 0.05) is 23.1 Å². The van der Waals surface area contributed by atoms with Crippen LogP contribution in [0.2, 0.25) is 10.0 Å². The first-order chi connectivity index (χ1) is 11.2. The summed E-state index contributed by atoms with van der Waals surface area (Å²) < 4.78 is 0. The van der Waals surface area contributed by atoms with Crippen LogP contribution in [0, 0.1) is 0 Å². The minimum atomic E-state index is 0.540. The lowest BCUT2D eigenvalue weighted by Gasteiger charge is -2.03. The summed E-state index contributed by atoms with van der Waals surface area (Å²) in [5, 5.41) is 14.7. The third-order valence-electron chi connectivity index (χ3n) is 3.22. The fraction of sp³-hybridized carbons (Fsp3) is 0.125. The zero-order valence-electron chi connectivity index (χ0n) is 12.2. The van der Waals surface area contributed by atoms with Crippen LogP contribution in [0.4, 0.5) is 11.9 Å². The Bertz CT molecular complexity index is 689. The average Bonchev–Trinajstić information content (AvgIpc) is 3.02. The molecule has 2 aromatic carbocycles. The van der Waals surface area contributed by atoms with Crippen LogP contribution < -0.4 is 10.6 Å². The van der Waals surface area contributed by atoms with Gasteiger partial charge in [-0.3, -0.25) is 0 Å². The van der Waals surface area contributed by atoms with Gasteiger partial charge < -0.3 is 10.6 Å². The largest absolute Gasteiger partial charge is 0.350 e. The van der Waals surface area contributed by atoms with Crippen LogP contribution in [0.15, 0.2) is 48.5 Å². The third kappa shape index (κ3) is 4.61. The van der Waals surface area contributed by atoms with E-state index in [1.54, 1.807) is 0 Å². The molecule has 1 aromatic heterocycles. The van der Waals surface area contributed by atoms with Gasteiger partial charge >= 0.3 is 0 Å². The zero-order valence-corrected chi connectivity index (χ0v) is 13.7. The second-order valence-electron chi connectivity index (χ2n) is 4.97. The number of H-pyrrole nitrogens is 1. The minimum absolute atomic E-state index is 0.540. The maximum absolute atomic E-state index is 5.86. The van der Waals surface area contributed by atoms with Gasteiger partial charge in [-0.15, -0.1) is 5.10 Å². The predicted octanol–water partition coefficient (Wildman–Crippen LogP) is 4.34. The van der Waals surface area contributed by atoms with Crippen LogP contribution in [0.3, 0.4) is 0 Å². The molecule has 0 aliphatic carbocycles. The van der Waals surface area contributed by atoms with Crippen molar-refractivity contribution < 1.29 is 0 Å². The number of hydrogen-bond donors (Lipinski definition) is 3. The highest BCUT2D eigenvalue weighted by Gasteiger charge is 2.03. The summed E-state index contributed by atoms with van der Waals surface area (Å²) in [4.78, 5) is 4.33. The summed E-state index contributed by atoms with van der Waals surface area (Å²) in [7, 11) is 0. The van der Waals surface area contributed by atoms with Crippen LogP contribution in [0.5, 0.6) is 0 Å². The molecule has 1 heterocycles. The summed E-state index contributed by atoms with van der Waals surface area (Å²) >= 11 is 11.7. The van der Waals surface area contributed by atoms with Crippen molar-refractivity contribution in [3.8, 4) is 0 Å². The quantitative estimate of drug-likeness (QED) is 0.620. The molecule has 0 amide bonds. The monoisotopic (exact) mass is 347 g/mol. The van der Waals surface area contributed by atoms with Gasteiger partial charge in [-0.1, -0.05) is 47.5 Å². The Kier molecular flexibility index (Phi) is 5.00. The van der Waals surface area contributed by atoms with E-state index in [-0.39, 0.29) is 0 Å². The highest BCUT2D eigenvalue weighted by molar-refractivity contribution is 6.30. The summed E-state index contributed by atoms with van der Waals surface area (Å²) in [5.41, 5.74) is 2.22. The van der Waals surface area contributed by atoms with Crippen LogP contribution in [-0.2, 0) is 13.1 Å². The number of rotatable bonds is 6. The third-order valence-corrected chi connectivity index (χ3v) is 3.73. The SMILES string of the molecule is Clc1ccc(CNc2n[nH]c(NCc3ccc(Cl)cc3)n2)cc1. The number of nitrogens with one attached hydrogen (secondary N) is 3. The van der Waals surface area contributed by atoms with Crippen molar-refractivity contribution in [1.82, 2.24) is 15.2 Å². The van der Waals surface area contributed by atoms with Crippen LogP contribution in [0.25, 0.3) is 0 Å². The van der Waals surface area contributed by atoms with Gasteiger partial charge in [-0.25, -0.2) is 5.10 Å². The van der Waals surface area contributed by atoms with Gasteiger partial charge in [0.15, 0.2) is 0 Å². The van der Waals surface area contributed by atoms with E-state index >= 15 is 0 Å². The topological polar surface area (TPSA) is 65.6 Å². The second kappa shape index (κ2) is 7.35. The number of halogens is 2. The van der Waals surface area contributed by atoms with Crippen molar-refractivity contribution >= 4 is 35.1 Å². The van der Waals surface area contributed by atoms with Gasteiger partial charge in [0.1, 0.15) is 0 Å². The Morgan fingerprint density at radius 2 is 1.30 bits per heavy atom. The standard InChI is InChI=1S/C16H15Cl2N5/c17-13-5-1-11(2-6-13)9-19-15-21-16(23-22-15)20-10-12-3-7-14(18)8-4-12/h1-8H,9-10H2,(H3,19,20,21,22,23). The summed E-state index contributed by atoms with van der Waals surface area (Å²) in [5.74, 6) is 1.15. The van der Waals surface area contributed by atoms with E-state index in [2.05, 4.69) is 25.8 Å². The molecular formula is C16H15Cl2N5. The molecule has 0 saturated heterocycles. The van der Waals surface area contributed by atoms with E-state index in [4.69, 9.17) is 23.2 Å². The van der Waals surface area contributed by atoms with E-state index in [9.17, 15) is 0 Å². The molecule has 23 heavy (non-hydrogen) atoms. The van der Waals surface area contributed by atoms with Crippen molar-refractivity contribution in [2.24, 2.45) is 0 Å². The molecule has 5 nitrogen and oxygen atoms in total. The smallest absolute Gasteiger partial charge is 0.243 e. The Hall–Kier alpha value is -2.24. The first kappa shape index (κ1) is 15.6. The number of aromatic nitrogens is 3. The second-order valence-corrected chi connectivity index (χ2v) is 5.84. The van der Waals surface area contributed by atoms with Gasteiger partial charge in [-0.05, 0) is 35.4 Å². The molecular weight excluding hydrogens is 333 g/mol. The molecule has 0 fully saturated rings. The molecule has 0 radical (unpaired) electrons. The van der Waals surface area contributed by atoms with E-state index < -0.39 is 0 Å². The number of nitrogens with zero attached hydrogens (tertiary/aromatic N) is 2. The van der Waals surface area contributed by atoms with E-state index in [1.165, 1.54) is 0 Å². The Morgan fingerprint density at radius 1 is 0.783 bits per heavy atom. The molecule has 118 valence electrons. The molecule has 0 spiro atoms. The highest BCUT2D eigenvalue weighted by Crippen LogP contribution is 2.13. The van der Waals surface area contributed by atoms with Gasteiger partial charge in [0.2, 0.25) is 11.9 Å². The number of anilines is 2. The maximum Gasteiger partial charge on any atom is 0.243 e. The van der Waals surface area contributed by atoms with Crippen molar-refractivity contribution in [1.29, 1.82) is 0 Å². The Balaban J connectivity index is 1.51. The first-order valence-electron chi connectivity index (χ1n) is 7.08. The Morgan fingerprint density at radius 3 is 1.87 bits per heavy atom. The fourth-order valence-corrected chi connectivity index (χ4v) is 2.24. The van der Waals surface area contributed by atoms with E-state index in [1.807, 2.05) is 48.5 Å². The lowest BCUT2D eigenvalue weighted by atomic mass is 10.2. The van der Waals surface area contributed by atoms with Crippen molar-refractivity contribution in [3.63, 3.8) is 0 Å². The van der Waals surface area contributed by atoms with Gasteiger partial charge in [-0.2, -0.15) is 4.98 Å². The Labute approximate surface area is 144 Å². The van der Waals surface area contributed by atoms with Gasteiger partial charge in [0.25, 0.3) is 0 Å². The number of benzene rings is 2. The lowest BCUT2D eigenvalue weighted by Crippen LogP contribution is -2.02. The van der Waals surface area contributed by atoms with Crippen molar-refractivity contribution in [3.05, 3.63) is 69.7 Å². The molecule has 0 saturated carbocycles. The van der Waals surface area contributed by atoms with Crippen LogP contribution >= 0.6 is 23.2 Å². The molecule has 3 aromatic rings. The van der Waals surface area contributed by atoms with E-state index in [0.717, 1.165) is 21.2 Å². The summed E-state index contributed by atoms with van der Waals surface area (Å²) in [6.07, 6.45) is 0. The van der Waals surface area contributed by atoms with Crippen molar-refractivity contribution in [2.45, 2.75) is 13.1 Å². The maximum atomic E-state index is 5.86. The minimum Gasteiger partial charge on any atom is -0.350 e. The van der Waals surface area contributed by atoms with Crippen molar-refractivity contribution in [2.75, 3.05) is 10.6 Å². The number of aromatic amines is 1. The molecule has 7 heteroatoms. The lowest BCUT2D eigenvalue weighted by molar-refractivity contribution is 1.03. The molecule has 0 unspecified atom stereocenters. The number of hydrogen-bond acceptors (Lipinski definition) is 4. The average molecular weight is 348 g/mol. The summed E-state index contributed by atoms with van der Waals surface area (Å²) in [6.45, 7) is 1.27. The molecule has 0 aliphatic rings. The predicted molar refractivity (Wildman–Crippen MR) is 93.9 cm³/mol. The zero-order chi connectivity index (χ0) is 16.1. The molecule has 3 rings (SSSR count). The van der Waals surface area contributed by atoms with Crippen LogP contribution in [-0.4, -0.2) is 15.2 Å². The first-order valence-corrected chi connectivity index (χ1v) is 7.84. The highest BCUT2D eigenvalue weighted by atomic mass is 35.5. The molecule has 3 N–H and O–H groups in total. The molecule has 0 aliphatic heterocycles. The van der Waals surface area contributed by atoms with Gasteiger partial charge in [0.05, 0.1) is 0 Å². The summed E-state index contributed by atoms with van der Waals surface area (Å²) in [6, 6.07) is 15.3. The molecule has 0 bridgehead atoms. The normalized spacial score (nSPS) is 10.5. The van der Waals surface area contributed by atoms with E-state index in [0.29, 0.717) is 25.0 Å².